The van der Waals surface area contributed by atoms with Gasteiger partial charge in [-0.2, -0.15) is 0 Å². The summed E-state index contributed by atoms with van der Waals surface area (Å²) in [4.78, 5) is 4.22. The number of aryl methyl sites for hydroxylation is 1. The molecule has 0 saturated carbocycles. The fourth-order valence-electron chi connectivity index (χ4n) is 2.15. The predicted octanol–water partition coefficient (Wildman–Crippen LogP) is 5.30. The summed E-state index contributed by atoms with van der Waals surface area (Å²) in [6.07, 6.45) is 1.78. The van der Waals surface area contributed by atoms with Crippen LogP contribution in [0.5, 0.6) is 5.75 Å². The fourth-order valence-corrected chi connectivity index (χ4v) is 2.88. The number of aromatic nitrogens is 1. The molecule has 3 aromatic rings. The second kappa shape index (κ2) is 7.49. The van der Waals surface area contributed by atoms with Gasteiger partial charge < -0.3 is 10.1 Å². The first-order valence-corrected chi connectivity index (χ1v) is 8.56. The summed E-state index contributed by atoms with van der Waals surface area (Å²) in [7, 11) is 0. The molecule has 118 valence electrons. The van der Waals surface area contributed by atoms with Crippen LogP contribution < -0.4 is 10.1 Å². The average Bonchev–Trinajstić information content (AvgIpc) is 3.07. The highest BCUT2D eigenvalue weighted by molar-refractivity contribution is 7.13. The number of rotatable bonds is 6. The van der Waals surface area contributed by atoms with E-state index in [-0.39, 0.29) is 0 Å². The summed E-state index contributed by atoms with van der Waals surface area (Å²) in [6, 6.07) is 14.0. The molecule has 2 aromatic carbocycles. The van der Waals surface area contributed by atoms with Crippen LogP contribution in [0.4, 0.5) is 5.13 Å². The fraction of sp³-hybridized carbons (Fsp3) is 0.167. The summed E-state index contributed by atoms with van der Waals surface area (Å²) in [5.41, 5.74) is 3.40. The van der Waals surface area contributed by atoms with Crippen LogP contribution >= 0.6 is 22.9 Å². The molecule has 0 radical (unpaired) electrons. The third-order valence-electron chi connectivity index (χ3n) is 3.40. The highest BCUT2D eigenvalue weighted by Crippen LogP contribution is 2.25. The maximum Gasteiger partial charge on any atom is 0.182 e. The van der Waals surface area contributed by atoms with Crippen molar-refractivity contribution in [2.24, 2.45) is 0 Å². The minimum absolute atomic E-state index is 0.534. The van der Waals surface area contributed by atoms with Crippen molar-refractivity contribution in [1.29, 1.82) is 0 Å². The maximum atomic E-state index is 6.12. The van der Waals surface area contributed by atoms with E-state index in [0.29, 0.717) is 18.2 Å². The van der Waals surface area contributed by atoms with Crippen LogP contribution in [0.2, 0.25) is 5.02 Å². The number of nitrogens with zero attached hydrogens (tertiary/aromatic N) is 1. The topological polar surface area (TPSA) is 34.1 Å². The Labute approximate surface area is 144 Å². The first-order valence-electron chi connectivity index (χ1n) is 7.31. The van der Waals surface area contributed by atoms with Crippen LogP contribution in [0, 0.1) is 6.92 Å². The molecule has 0 bridgehead atoms. The van der Waals surface area contributed by atoms with Crippen molar-refractivity contribution < 1.29 is 4.74 Å². The lowest BCUT2D eigenvalue weighted by Gasteiger charge is -2.13. The summed E-state index contributed by atoms with van der Waals surface area (Å²) in [5.74, 6) is 0.832. The van der Waals surface area contributed by atoms with E-state index in [1.165, 1.54) is 5.56 Å². The highest BCUT2D eigenvalue weighted by Gasteiger charge is 2.06. The average molecular weight is 345 g/mol. The van der Waals surface area contributed by atoms with E-state index < -0.39 is 0 Å². The molecule has 3 rings (SSSR count). The van der Waals surface area contributed by atoms with Crippen molar-refractivity contribution >= 4 is 28.1 Å². The molecule has 0 aliphatic heterocycles. The normalized spacial score (nSPS) is 10.5. The van der Waals surface area contributed by atoms with E-state index in [4.69, 9.17) is 16.3 Å². The molecular formula is C18H17ClN2OS. The van der Waals surface area contributed by atoms with Crippen molar-refractivity contribution in [1.82, 2.24) is 4.98 Å². The first kappa shape index (κ1) is 15.8. The van der Waals surface area contributed by atoms with Gasteiger partial charge in [0.15, 0.2) is 5.13 Å². The Hall–Kier alpha value is -2.04. The Morgan fingerprint density at radius 2 is 2.00 bits per heavy atom. The molecular weight excluding hydrogens is 328 g/mol. The molecule has 1 N–H and O–H groups in total. The van der Waals surface area contributed by atoms with E-state index in [9.17, 15) is 0 Å². The lowest BCUT2D eigenvalue weighted by Crippen LogP contribution is -2.03. The Balaban J connectivity index is 1.69. The van der Waals surface area contributed by atoms with Crippen LogP contribution in [-0.2, 0) is 13.2 Å². The zero-order valence-electron chi connectivity index (χ0n) is 12.8. The van der Waals surface area contributed by atoms with Crippen molar-refractivity contribution in [3.05, 3.63) is 75.8 Å². The zero-order valence-corrected chi connectivity index (χ0v) is 14.3. The quantitative estimate of drug-likeness (QED) is 0.659. The molecule has 0 aliphatic rings. The second-order valence-corrected chi connectivity index (χ2v) is 6.55. The number of ether oxygens (including phenoxy) is 1. The van der Waals surface area contributed by atoms with Crippen molar-refractivity contribution in [2.45, 2.75) is 20.1 Å². The number of nitrogens with one attached hydrogen (secondary N) is 1. The number of hydrogen-bond donors (Lipinski definition) is 1. The summed E-state index contributed by atoms with van der Waals surface area (Å²) < 4.78 is 5.97. The van der Waals surface area contributed by atoms with Gasteiger partial charge in [0.1, 0.15) is 12.4 Å². The smallest absolute Gasteiger partial charge is 0.182 e. The van der Waals surface area contributed by atoms with Gasteiger partial charge in [-0.3, -0.25) is 0 Å². The van der Waals surface area contributed by atoms with Gasteiger partial charge >= 0.3 is 0 Å². The van der Waals surface area contributed by atoms with E-state index in [2.05, 4.69) is 41.5 Å². The summed E-state index contributed by atoms with van der Waals surface area (Å²) in [6.45, 7) is 3.23. The van der Waals surface area contributed by atoms with Gasteiger partial charge in [0.2, 0.25) is 0 Å². The van der Waals surface area contributed by atoms with E-state index in [1.807, 2.05) is 23.6 Å². The standard InChI is InChI=1S/C18H17ClN2OS/c1-13-2-4-14(5-3-13)12-22-17-7-6-16(19)10-15(17)11-21-18-20-8-9-23-18/h2-10H,11-12H2,1H3,(H,20,21). The minimum atomic E-state index is 0.534. The maximum absolute atomic E-state index is 6.12. The van der Waals surface area contributed by atoms with Gasteiger partial charge in [0, 0.05) is 28.7 Å². The lowest BCUT2D eigenvalue weighted by atomic mass is 10.1. The first-order chi connectivity index (χ1) is 11.2. The Morgan fingerprint density at radius 1 is 1.17 bits per heavy atom. The molecule has 0 amide bonds. The Morgan fingerprint density at radius 3 is 2.74 bits per heavy atom. The minimum Gasteiger partial charge on any atom is -0.489 e. The van der Waals surface area contributed by atoms with E-state index in [0.717, 1.165) is 22.0 Å². The number of hydrogen-bond acceptors (Lipinski definition) is 4. The van der Waals surface area contributed by atoms with Crippen molar-refractivity contribution in [3.63, 3.8) is 0 Å². The third-order valence-corrected chi connectivity index (χ3v) is 4.37. The number of benzene rings is 2. The molecule has 0 spiro atoms. The molecule has 0 saturated heterocycles. The monoisotopic (exact) mass is 344 g/mol. The van der Waals surface area contributed by atoms with Gasteiger partial charge in [-0.1, -0.05) is 41.4 Å². The summed E-state index contributed by atoms with van der Waals surface area (Å²) >= 11 is 7.68. The van der Waals surface area contributed by atoms with Crippen LogP contribution in [0.1, 0.15) is 16.7 Å². The molecule has 23 heavy (non-hydrogen) atoms. The molecule has 0 fully saturated rings. The van der Waals surface area contributed by atoms with Crippen LogP contribution in [0.15, 0.2) is 54.0 Å². The molecule has 5 heteroatoms. The largest absolute Gasteiger partial charge is 0.489 e. The van der Waals surface area contributed by atoms with Gasteiger partial charge in [0.25, 0.3) is 0 Å². The van der Waals surface area contributed by atoms with Gasteiger partial charge in [-0.25, -0.2) is 4.98 Å². The highest BCUT2D eigenvalue weighted by atomic mass is 35.5. The molecule has 3 nitrogen and oxygen atoms in total. The molecule has 0 aliphatic carbocycles. The molecule has 1 heterocycles. The van der Waals surface area contributed by atoms with Crippen molar-refractivity contribution in [2.75, 3.05) is 5.32 Å². The number of anilines is 1. The van der Waals surface area contributed by atoms with Gasteiger partial charge in [-0.15, -0.1) is 11.3 Å². The number of halogens is 1. The van der Waals surface area contributed by atoms with Crippen LogP contribution in [-0.4, -0.2) is 4.98 Å². The summed E-state index contributed by atoms with van der Waals surface area (Å²) in [5, 5.41) is 6.80. The third kappa shape index (κ3) is 4.47. The lowest BCUT2D eigenvalue weighted by molar-refractivity contribution is 0.303. The van der Waals surface area contributed by atoms with Crippen LogP contribution in [0.3, 0.4) is 0 Å². The SMILES string of the molecule is Cc1ccc(COc2ccc(Cl)cc2CNc2nccs2)cc1. The number of thiazole rings is 1. The van der Waals surface area contributed by atoms with E-state index in [1.54, 1.807) is 17.5 Å². The molecule has 0 unspecified atom stereocenters. The van der Waals surface area contributed by atoms with E-state index >= 15 is 0 Å². The van der Waals surface area contributed by atoms with Crippen molar-refractivity contribution in [3.8, 4) is 5.75 Å². The van der Waals surface area contributed by atoms with Gasteiger partial charge in [0.05, 0.1) is 0 Å². The second-order valence-electron chi connectivity index (χ2n) is 5.22. The zero-order chi connectivity index (χ0) is 16.1. The Kier molecular flexibility index (Phi) is 5.16. The Bertz CT molecular complexity index is 757. The predicted molar refractivity (Wildman–Crippen MR) is 96.4 cm³/mol. The van der Waals surface area contributed by atoms with Crippen LogP contribution in [0.25, 0.3) is 0 Å². The molecule has 0 atom stereocenters. The molecule has 1 aromatic heterocycles. The van der Waals surface area contributed by atoms with Gasteiger partial charge in [-0.05, 0) is 30.7 Å².